The minimum atomic E-state index is -0.613. The molecule has 0 spiro atoms. The van der Waals surface area contributed by atoms with Crippen molar-refractivity contribution in [1.82, 2.24) is 4.90 Å². The van der Waals surface area contributed by atoms with Crippen LogP contribution < -0.4 is 10.1 Å². The molecule has 1 N–H and O–H groups in total. The molecule has 0 atom stereocenters. The number of hydrogen-bond donors (Lipinski definition) is 1. The van der Waals surface area contributed by atoms with Crippen LogP contribution >= 0.6 is 23.4 Å². The molecule has 0 bridgehead atoms. The van der Waals surface area contributed by atoms with E-state index < -0.39 is 29.4 Å². The summed E-state index contributed by atoms with van der Waals surface area (Å²) in [6, 6.07) is 19.7. The van der Waals surface area contributed by atoms with Crippen molar-refractivity contribution in [2.75, 3.05) is 11.9 Å². The average molecular weight is 497 g/mol. The number of ether oxygens (including phenoxy) is 1. The first-order valence-corrected chi connectivity index (χ1v) is 11.4. The SMILES string of the molecule is O=C(CN1C(=O)S/C(=C/c2ccccc2OCc2ccccc2Cl)C1=O)Nc1cccc(F)c1. The molecule has 3 aromatic carbocycles. The molecule has 1 aliphatic rings. The largest absolute Gasteiger partial charge is 0.488 e. The van der Waals surface area contributed by atoms with Crippen molar-refractivity contribution >= 4 is 52.2 Å². The molecule has 0 aromatic heterocycles. The minimum absolute atomic E-state index is 0.164. The summed E-state index contributed by atoms with van der Waals surface area (Å²) in [6.07, 6.45) is 1.55. The number of thioether (sulfide) groups is 1. The fraction of sp³-hybridized carbons (Fsp3) is 0.0800. The lowest BCUT2D eigenvalue weighted by Gasteiger charge is -2.12. The Hall–Kier alpha value is -3.62. The maximum absolute atomic E-state index is 13.3. The summed E-state index contributed by atoms with van der Waals surface area (Å²) in [7, 11) is 0. The fourth-order valence-corrected chi connectivity index (χ4v) is 4.21. The van der Waals surface area contributed by atoms with E-state index in [1.54, 1.807) is 36.4 Å². The number of anilines is 1. The number of rotatable bonds is 7. The monoisotopic (exact) mass is 496 g/mol. The Bertz CT molecular complexity index is 1300. The van der Waals surface area contributed by atoms with Gasteiger partial charge in [0.05, 0.1) is 4.91 Å². The Kier molecular flexibility index (Phi) is 7.30. The van der Waals surface area contributed by atoms with Crippen LogP contribution in [0.15, 0.2) is 77.7 Å². The molecule has 1 heterocycles. The number of imide groups is 1. The van der Waals surface area contributed by atoms with Crippen LogP contribution in [0.1, 0.15) is 11.1 Å². The number of nitrogens with one attached hydrogen (secondary N) is 1. The average Bonchev–Trinajstić information content (AvgIpc) is 3.06. The van der Waals surface area contributed by atoms with Crippen LogP contribution in [0, 0.1) is 5.82 Å². The van der Waals surface area contributed by atoms with Crippen molar-refractivity contribution < 1.29 is 23.5 Å². The molecule has 0 unspecified atom stereocenters. The lowest BCUT2D eigenvalue weighted by Crippen LogP contribution is -2.36. The fourth-order valence-electron chi connectivity index (χ4n) is 3.19. The van der Waals surface area contributed by atoms with Gasteiger partial charge in [-0.3, -0.25) is 19.3 Å². The highest BCUT2D eigenvalue weighted by Gasteiger charge is 2.36. The van der Waals surface area contributed by atoms with E-state index in [4.69, 9.17) is 16.3 Å². The summed E-state index contributed by atoms with van der Waals surface area (Å²) in [5, 5.41) is 2.49. The second-order valence-electron chi connectivity index (χ2n) is 7.24. The maximum atomic E-state index is 13.3. The third-order valence-electron chi connectivity index (χ3n) is 4.83. The molecule has 172 valence electrons. The Morgan fingerprint density at radius 3 is 2.62 bits per heavy atom. The molecule has 1 aliphatic heterocycles. The molecule has 6 nitrogen and oxygen atoms in total. The van der Waals surface area contributed by atoms with Gasteiger partial charge in [0.25, 0.3) is 11.1 Å². The molecule has 1 fully saturated rings. The number of nitrogens with zero attached hydrogens (tertiary/aromatic N) is 1. The molecule has 0 aliphatic carbocycles. The molecule has 1 saturated heterocycles. The van der Waals surface area contributed by atoms with Gasteiger partial charge in [-0.05, 0) is 48.2 Å². The van der Waals surface area contributed by atoms with Gasteiger partial charge >= 0.3 is 0 Å². The predicted molar refractivity (Wildman–Crippen MR) is 130 cm³/mol. The number of benzene rings is 3. The number of para-hydroxylation sites is 1. The Balaban J connectivity index is 1.46. The number of carbonyl (C=O) groups is 3. The van der Waals surface area contributed by atoms with Crippen LogP contribution in [0.3, 0.4) is 0 Å². The van der Waals surface area contributed by atoms with Crippen LogP contribution in [-0.2, 0) is 16.2 Å². The van der Waals surface area contributed by atoms with Crippen molar-refractivity contribution in [2.24, 2.45) is 0 Å². The van der Waals surface area contributed by atoms with E-state index in [1.165, 1.54) is 18.2 Å². The molecular weight excluding hydrogens is 479 g/mol. The minimum Gasteiger partial charge on any atom is -0.488 e. The smallest absolute Gasteiger partial charge is 0.294 e. The lowest BCUT2D eigenvalue weighted by molar-refractivity contribution is -0.127. The lowest BCUT2D eigenvalue weighted by atomic mass is 10.1. The molecule has 0 radical (unpaired) electrons. The van der Waals surface area contributed by atoms with E-state index >= 15 is 0 Å². The first-order chi connectivity index (χ1) is 16.4. The van der Waals surface area contributed by atoms with Crippen molar-refractivity contribution in [2.45, 2.75) is 6.61 Å². The number of amides is 3. The molecule has 34 heavy (non-hydrogen) atoms. The molecular formula is C25H18ClFN2O4S. The summed E-state index contributed by atoms with van der Waals surface area (Å²) >= 11 is 6.92. The van der Waals surface area contributed by atoms with Gasteiger partial charge in [0, 0.05) is 21.8 Å². The zero-order chi connectivity index (χ0) is 24.1. The van der Waals surface area contributed by atoms with Crippen molar-refractivity contribution in [1.29, 1.82) is 0 Å². The molecule has 3 amide bonds. The highest BCUT2D eigenvalue weighted by Crippen LogP contribution is 2.34. The number of hydrogen-bond acceptors (Lipinski definition) is 5. The topological polar surface area (TPSA) is 75.7 Å². The van der Waals surface area contributed by atoms with Crippen LogP contribution in [0.2, 0.25) is 5.02 Å². The Morgan fingerprint density at radius 2 is 1.82 bits per heavy atom. The van der Waals surface area contributed by atoms with Gasteiger partial charge in [-0.1, -0.05) is 54.1 Å². The second-order valence-corrected chi connectivity index (χ2v) is 8.64. The van der Waals surface area contributed by atoms with Gasteiger partial charge in [0.2, 0.25) is 5.91 Å². The third-order valence-corrected chi connectivity index (χ3v) is 6.11. The Morgan fingerprint density at radius 1 is 1.06 bits per heavy atom. The van der Waals surface area contributed by atoms with Gasteiger partial charge in [0.1, 0.15) is 24.7 Å². The first-order valence-electron chi connectivity index (χ1n) is 10.2. The van der Waals surface area contributed by atoms with Crippen molar-refractivity contribution in [3.8, 4) is 5.75 Å². The summed E-state index contributed by atoms with van der Waals surface area (Å²) < 4.78 is 19.2. The van der Waals surface area contributed by atoms with Crippen molar-refractivity contribution in [3.63, 3.8) is 0 Å². The van der Waals surface area contributed by atoms with Gasteiger partial charge in [-0.25, -0.2) is 4.39 Å². The predicted octanol–water partition coefficient (Wildman–Crippen LogP) is 5.73. The van der Waals surface area contributed by atoms with Gasteiger partial charge in [0.15, 0.2) is 0 Å². The summed E-state index contributed by atoms with van der Waals surface area (Å²) in [5.74, 6) is -1.21. The normalized spacial score (nSPS) is 14.5. The van der Waals surface area contributed by atoms with Crippen LogP contribution in [0.5, 0.6) is 5.75 Å². The van der Waals surface area contributed by atoms with E-state index in [-0.39, 0.29) is 17.2 Å². The highest BCUT2D eigenvalue weighted by molar-refractivity contribution is 8.18. The summed E-state index contributed by atoms with van der Waals surface area (Å²) in [5.41, 5.74) is 1.64. The van der Waals surface area contributed by atoms with Gasteiger partial charge in [-0.15, -0.1) is 0 Å². The molecule has 0 saturated carbocycles. The second kappa shape index (κ2) is 10.5. The van der Waals surface area contributed by atoms with Crippen LogP contribution in [0.25, 0.3) is 6.08 Å². The molecule has 4 rings (SSSR count). The van der Waals surface area contributed by atoms with Crippen molar-refractivity contribution in [3.05, 3.63) is 99.7 Å². The zero-order valence-corrected chi connectivity index (χ0v) is 19.2. The molecule has 9 heteroatoms. The van der Waals surface area contributed by atoms with Crippen LogP contribution in [-0.4, -0.2) is 28.5 Å². The van der Waals surface area contributed by atoms with E-state index in [0.717, 1.165) is 28.3 Å². The third kappa shape index (κ3) is 5.65. The van der Waals surface area contributed by atoms with Gasteiger partial charge in [-0.2, -0.15) is 0 Å². The highest BCUT2D eigenvalue weighted by atomic mass is 35.5. The summed E-state index contributed by atoms with van der Waals surface area (Å²) in [6.45, 7) is -0.255. The van der Waals surface area contributed by atoms with Crippen LogP contribution in [0.4, 0.5) is 14.9 Å². The van der Waals surface area contributed by atoms with E-state index in [9.17, 15) is 18.8 Å². The first kappa shape index (κ1) is 23.5. The van der Waals surface area contributed by atoms with Gasteiger partial charge < -0.3 is 10.1 Å². The zero-order valence-electron chi connectivity index (χ0n) is 17.7. The quantitative estimate of drug-likeness (QED) is 0.422. The standard InChI is InChI=1S/C25H18ClFN2O4S/c26-20-10-3-1-7-17(20)15-33-21-11-4-2-6-16(21)12-22-24(31)29(25(32)34-22)14-23(30)28-19-9-5-8-18(27)13-19/h1-13H,14-15H2,(H,28,30)/b22-12+. The number of carbonyl (C=O) groups excluding carboxylic acids is 3. The van der Waals surface area contributed by atoms with E-state index in [2.05, 4.69) is 5.32 Å². The van der Waals surface area contributed by atoms with E-state index in [1.807, 2.05) is 18.2 Å². The maximum Gasteiger partial charge on any atom is 0.294 e. The number of halogens is 2. The molecule has 3 aromatic rings. The van der Waals surface area contributed by atoms with E-state index in [0.29, 0.717) is 16.3 Å². The summed E-state index contributed by atoms with van der Waals surface area (Å²) in [4.78, 5) is 38.5. The Labute approximate surface area is 204 Å².